The maximum atomic E-state index is 13.7. The smallest absolute Gasteiger partial charge is 0.360 e. The molecule has 0 aliphatic heterocycles. The number of nitrogens with one attached hydrogen (secondary N) is 2. The molecule has 0 saturated carbocycles. The third kappa shape index (κ3) is 23.8. The van der Waals surface area contributed by atoms with Crippen LogP contribution in [0.5, 0.6) is 0 Å². The van der Waals surface area contributed by atoms with Crippen molar-refractivity contribution in [1.29, 1.82) is 0 Å². The van der Waals surface area contributed by atoms with E-state index < -0.39 is 155 Å². The number of benzene rings is 3. The number of anilines is 3. The summed E-state index contributed by atoms with van der Waals surface area (Å²) in [5, 5.41) is 85.8. The van der Waals surface area contributed by atoms with E-state index in [1.807, 2.05) is 41.5 Å². The Kier molecular flexibility index (Phi) is 30.7. The Morgan fingerprint density at radius 2 is 0.759 bits per heavy atom. The average Bonchev–Trinajstić information content (AvgIpc) is 0.920. The predicted octanol–water partition coefficient (Wildman–Crippen LogP) is -0.718. The summed E-state index contributed by atoms with van der Waals surface area (Å²) in [6, 6.07) is 10.2. The quantitative estimate of drug-likeness (QED) is 0.0245. The first-order valence-corrected chi connectivity index (χ1v) is 34.0. The van der Waals surface area contributed by atoms with E-state index in [4.69, 9.17) is 39.3 Å². The average molecular weight is 1570 g/mol. The van der Waals surface area contributed by atoms with Gasteiger partial charge in [-0.1, -0.05) is 29.1 Å². The van der Waals surface area contributed by atoms with E-state index in [1.165, 1.54) is 69.6 Å². The molecule has 9 N–H and O–H groups in total. The number of ether oxygens (including phenoxy) is 6. The fourth-order valence-electron chi connectivity index (χ4n) is 10.7. The summed E-state index contributed by atoms with van der Waals surface area (Å²) in [7, 11) is 4.67. The van der Waals surface area contributed by atoms with Gasteiger partial charge in [-0.15, -0.1) is 15.3 Å². The zero-order chi connectivity index (χ0) is 83.6. The number of amides is 2. The summed E-state index contributed by atoms with van der Waals surface area (Å²) < 4.78 is 35.2. The van der Waals surface area contributed by atoms with Crippen LogP contribution in [0.4, 0.5) is 17.8 Å². The zero-order valence-electron chi connectivity index (χ0n) is 64.1. The number of aliphatic hydroxyl groups is 4. The molecule has 0 spiro atoms. The Hall–Kier alpha value is -12.8. The number of nitrogens with zero attached hydrogens (tertiary/aromatic N) is 18. The first-order chi connectivity index (χ1) is 52.5. The second-order valence-electron chi connectivity index (χ2n) is 25.7. The van der Waals surface area contributed by atoms with Crippen molar-refractivity contribution in [2.24, 2.45) is 33.0 Å². The van der Waals surface area contributed by atoms with Gasteiger partial charge in [0.1, 0.15) is 55.9 Å². The standard InChI is InChI=1S/C25H31N7O8.C23H28N2O9.C18H23N7O6.C2H5N5/c1-12-8-18-19(9-13(12)2)32(24(37)22(26-18)23(36)27-25-28-30-31(7)29-25)10-20(39-16(5)34)14(3)21(40-17(6)35)11-38-15(4)33;1-11-7-17-18(8-12(11)2)25(22(29)21(24-17)23(30)31)9-19(33-15(5)27)13(3)20(34-16(6)28)10-32-14(4)26;1-8-4-10-11(5-9(8)2)25(6-12(27)15(29)13(28)7-26)17(31)14(19-10)16(30)20-18-21-23-24(3)22-18;1-7-5-2(3)4-6-7/h8-9,14,20-21H,10-11H2,1-7H3,(H,27,29,36);7-8,13,19-20H,9-10H2,1-6H3,(H,30,31);4-5,12-13,15,26-29H,6-7H2,1-3H3,(H,20,22,30);1H3,(H2,3,5)/t14-,20-,21+;13-,19-,20+;12-,13+,15-;/m000./s1. The molecule has 6 aromatic heterocycles. The fourth-order valence-corrected chi connectivity index (χ4v) is 10.7. The zero-order valence-corrected chi connectivity index (χ0v) is 64.1. The second-order valence-corrected chi connectivity index (χ2v) is 25.7. The van der Waals surface area contributed by atoms with Gasteiger partial charge in [-0.3, -0.25) is 63.4 Å². The van der Waals surface area contributed by atoms with Crippen molar-refractivity contribution < 1.29 is 97.1 Å². The van der Waals surface area contributed by atoms with E-state index in [0.29, 0.717) is 27.6 Å². The Bertz CT molecular complexity index is 5170. The van der Waals surface area contributed by atoms with Gasteiger partial charge in [-0.05, 0) is 127 Å². The third-order valence-corrected chi connectivity index (χ3v) is 16.9. The Morgan fingerprint density at radius 3 is 1.04 bits per heavy atom. The first-order valence-electron chi connectivity index (χ1n) is 34.0. The van der Waals surface area contributed by atoms with Crippen LogP contribution >= 0.6 is 0 Å². The number of carbonyl (C=O) groups is 9. The highest BCUT2D eigenvalue weighted by molar-refractivity contribution is 6.03. The number of nitrogen functional groups attached to an aromatic ring is 1. The van der Waals surface area contributed by atoms with Crippen molar-refractivity contribution >= 4 is 105 Å². The number of aromatic carboxylic acids is 1. The molecule has 112 heavy (non-hydrogen) atoms. The number of aromatic nitrogens is 18. The van der Waals surface area contributed by atoms with Gasteiger partial charge in [0.05, 0.1) is 80.5 Å². The maximum absolute atomic E-state index is 13.7. The number of carboxylic acid groups (broad SMARTS) is 1. The summed E-state index contributed by atoms with van der Waals surface area (Å²) in [6.45, 7) is 19.1. The summed E-state index contributed by atoms with van der Waals surface area (Å²) in [5.74, 6) is -8.54. The van der Waals surface area contributed by atoms with Crippen molar-refractivity contribution in [2.45, 2.75) is 159 Å². The van der Waals surface area contributed by atoms with E-state index in [-0.39, 0.29) is 49.7 Å². The van der Waals surface area contributed by atoms with Crippen LogP contribution in [0, 0.1) is 53.4 Å². The van der Waals surface area contributed by atoms with Gasteiger partial charge in [0.25, 0.3) is 46.3 Å². The number of nitrogens with two attached hydrogens (primary N) is 1. The number of aryl methyl sites for hydroxylation is 9. The highest BCUT2D eigenvalue weighted by Crippen LogP contribution is 2.26. The minimum atomic E-state index is -1.72. The lowest BCUT2D eigenvalue weighted by Crippen LogP contribution is -2.44. The van der Waals surface area contributed by atoms with Gasteiger partial charge < -0.3 is 73.4 Å². The topological polar surface area (TPSA) is 596 Å². The van der Waals surface area contributed by atoms with Crippen molar-refractivity contribution in [1.82, 2.24) is 89.3 Å². The minimum absolute atomic E-state index is 0.123. The van der Waals surface area contributed by atoms with Crippen molar-refractivity contribution in [3.05, 3.63) is 118 Å². The number of rotatable bonds is 26. The van der Waals surface area contributed by atoms with Crippen LogP contribution < -0.4 is 33.0 Å². The molecule has 0 bridgehead atoms. The molecule has 0 unspecified atom stereocenters. The molecule has 9 rings (SSSR count). The molecule has 44 heteroatoms. The van der Waals surface area contributed by atoms with E-state index in [9.17, 15) is 78.0 Å². The molecule has 0 radical (unpaired) electrons. The molecule has 0 aliphatic rings. The minimum Gasteiger partial charge on any atom is -0.476 e. The van der Waals surface area contributed by atoms with Crippen molar-refractivity contribution in [2.75, 3.05) is 36.2 Å². The number of tetrazole rings is 3. The van der Waals surface area contributed by atoms with Crippen LogP contribution in [-0.4, -0.2) is 231 Å². The number of fused-ring (bicyclic) bond motifs is 3. The lowest BCUT2D eigenvalue weighted by Gasteiger charge is -2.30. The first kappa shape index (κ1) is 88.1. The fraction of sp³-hybridized carbons (Fsp3) is 0.471. The highest BCUT2D eigenvalue weighted by atomic mass is 16.6. The summed E-state index contributed by atoms with van der Waals surface area (Å²) in [4.78, 5) is 163. The Balaban J connectivity index is 0.000000252. The molecule has 2 amide bonds. The van der Waals surface area contributed by atoms with Crippen LogP contribution in [0.25, 0.3) is 33.1 Å². The SMILES string of the molecule is CC(=O)OC[C@@H](OC(C)=O)[C@@H](C)[C@H](Cn1c(=O)c(C(=O)Nc2nnn(C)n2)nc2cc(C)c(C)cc21)OC(C)=O.CC(=O)OC[C@@H](OC(C)=O)[C@@H](C)[C@H](Cn1c(=O)c(C(=O)O)nc2cc(C)c(C)cc21)OC(C)=O.Cc1cc2nc(C(=O)Nc3nnn(C)n3)c(=O)n(C[C@H](O)[C@H](O)[C@H](O)CO)c2cc1C.Cn1nnc(N)n1. The molecular weight excluding hydrogens is 1480 g/mol. The molecule has 9 atom stereocenters. The summed E-state index contributed by atoms with van der Waals surface area (Å²) in [6.07, 6.45) is -8.99. The number of hydrogen-bond donors (Lipinski definition) is 8. The predicted molar refractivity (Wildman–Crippen MR) is 389 cm³/mol. The van der Waals surface area contributed by atoms with Gasteiger partial charge in [0, 0.05) is 53.4 Å². The van der Waals surface area contributed by atoms with E-state index >= 15 is 0 Å². The molecule has 3 aromatic carbocycles. The van der Waals surface area contributed by atoms with Crippen LogP contribution in [-0.2, 0) is 98.0 Å². The van der Waals surface area contributed by atoms with Gasteiger partial charge >= 0.3 is 41.8 Å². The lowest BCUT2D eigenvalue weighted by atomic mass is 9.97. The molecule has 0 aliphatic carbocycles. The summed E-state index contributed by atoms with van der Waals surface area (Å²) >= 11 is 0. The second kappa shape index (κ2) is 39.0. The third-order valence-electron chi connectivity index (χ3n) is 16.9. The number of carbonyl (C=O) groups excluding carboxylic acids is 8. The van der Waals surface area contributed by atoms with Gasteiger partial charge in [0.15, 0.2) is 11.4 Å². The molecule has 602 valence electrons. The van der Waals surface area contributed by atoms with Crippen LogP contribution in [0.3, 0.4) is 0 Å². The Labute approximate surface area is 635 Å². The number of carboxylic acids is 1. The number of aliphatic hydroxyl groups excluding tert-OH is 4. The number of hydrogen-bond acceptors (Lipinski definition) is 35. The maximum Gasteiger partial charge on any atom is 0.360 e. The monoisotopic (exact) mass is 1570 g/mol. The van der Waals surface area contributed by atoms with E-state index in [1.54, 1.807) is 57.3 Å². The highest BCUT2D eigenvalue weighted by Gasteiger charge is 2.36. The molecule has 0 fully saturated rings. The van der Waals surface area contributed by atoms with Crippen LogP contribution in [0.2, 0.25) is 0 Å². The van der Waals surface area contributed by atoms with Gasteiger partial charge in [0.2, 0.25) is 5.69 Å². The molecule has 9 aromatic rings. The van der Waals surface area contributed by atoms with E-state index in [2.05, 4.69) is 71.8 Å². The largest absolute Gasteiger partial charge is 0.476 e. The van der Waals surface area contributed by atoms with E-state index in [0.717, 1.165) is 47.5 Å². The molecular formula is C68H87N21O23. The van der Waals surface area contributed by atoms with Crippen LogP contribution in [0.15, 0.2) is 50.8 Å². The number of esters is 6. The Morgan fingerprint density at radius 1 is 0.446 bits per heavy atom. The molecule has 44 nitrogen and oxygen atoms in total. The normalized spacial score (nSPS) is 13.4. The molecule has 0 saturated heterocycles. The van der Waals surface area contributed by atoms with Gasteiger partial charge in [-0.25, -0.2) is 19.7 Å². The van der Waals surface area contributed by atoms with Crippen LogP contribution in [0.1, 0.15) is 120 Å². The van der Waals surface area contributed by atoms with Crippen molar-refractivity contribution in [3.8, 4) is 0 Å². The molecule has 6 heterocycles. The lowest BCUT2D eigenvalue weighted by molar-refractivity contribution is -0.168. The van der Waals surface area contributed by atoms with Crippen molar-refractivity contribution in [3.63, 3.8) is 0 Å². The van der Waals surface area contributed by atoms with Gasteiger partial charge in [-0.2, -0.15) is 14.4 Å². The summed E-state index contributed by atoms with van der Waals surface area (Å²) in [5.41, 5.74) is 8.10.